The van der Waals surface area contributed by atoms with Crippen molar-refractivity contribution in [2.45, 2.75) is 16.3 Å². The van der Waals surface area contributed by atoms with Gasteiger partial charge in [0.2, 0.25) is 5.91 Å². The lowest BCUT2D eigenvalue weighted by Crippen LogP contribution is -2.41. The maximum Gasteiger partial charge on any atom is 0.230 e. The Morgan fingerprint density at radius 2 is 2.14 bits per heavy atom. The summed E-state index contributed by atoms with van der Waals surface area (Å²) >= 11 is 13.1. The Kier molecular flexibility index (Phi) is 5.29. The third-order valence-corrected chi connectivity index (χ3v) is 6.93. The number of amides is 1. The first-order chi connectivity index (χ1) is 9.78. The van der Waals surface area contributed by atoms with E-state index in [1.54, 1.807) is 18.2 Å². The van der Waals surface area contributed by atoms with Crippen LogP contribution in [-0.4, -0.2) is 43.0 Å². The SMILES string of the molecule is Nc1cccc(Cl)c1SCC(=O)NC1CS(=O)(=O)CC1Cl. The van der Waals surface area contributed by atoms with Crippen LogP contribution in [0.3, 0.4) is 0 Å². The smallest absolute Gasteiger partial charge is 0.230 e. The number of hydrogen-bond acceptors (Lipinski definition) is 5. The number of thioether (sulfide) groups is 1. The molecular formula is C12H14Cl2N2O3S2. The fourth-order valence-corrected chi connectivity index (χ4v) is 5.70. The van der Waals surface area contributed by atoms with Crippen molar-refractivity contribution in [2.24, 2.45) is 0 Å². The summed E-state index contributed by atoms with van der Waals surface area (Å²) in [5.41, 5.74) is 6.29. The lowest BCUT2D eigenvalue weighted by Gasteiger charge is -2.14. The summed E-state index contributed by atoms with van der Waals surface area (Å²) in [5, 5.41) is 2.53. The molecule has 0 bridgehead atoms. The molecule has 2 rings (SSSR count). The van der Waals surface area contributed by atoms with E-state index in [2.05, 4.69) is 5.32 Å². The molecule has 0 saturated carbocycles. The highest BCUT2D eigenvalue weighted by Gasteiger charge is 2.37. The maximum atomic E-state index is 11.9. The third kappa shape index (κ3) is 4.42. The molecule has 0 aliphatic carbocycles. The number of nitrogen functional groups attached to an aromatic ring is 1. The van der Waals surface area contributed by atoms with Gasteiger partial charge >= 0.3 is 0 Å². The van der Waals surface area contributed by atoms with Gasteiger partial charge in [-0.2, -0.15) is 0 Å². The van der Waals surface area contributed by atoms with E-state index in [1.165, 1.54) is 11.8 Å². The largest absolute Gasteiger partial charge is 0.398 e. The van der Waals surface area contributed by atoms with Crippen molar-refractivity contribution in [3.8, 4) is 0 Å². The van der Waals surface area contributed by atoms with Gasteiger partial charge in [-0.05, 0) is 12.1 Å². The Labute approximate surface area is 137 Å². The first kappa shape index (κ1) is 16.7. The summed E-state index contributed by atoms with van der Waals surface area (Å²) in [4.78, 5) is 12.5. The van der Waals surface area contributed by atoms with Crippen LogP contribution in [-0.2, 0) is 14.6 Å². The van der Waals surface area contributed by atoms with Crippen molar-refractivity contribution >= 4 is 56.4 Å². The Hall–Kier alpha value is -0.630. The molecule has 9 heteroatoms. The van der Waals surface area contributed by atoms with Gasteiger partial charge in [-0.15, -0.1) is 23.4 Å². The van der Waals surface area contributed by atoms with Crippen LogP contribution in [0.4, 0.5) is 5.69 Å². The Balaban J connectivity index is 1.91. The van der Waals surface area contributed by atoms with E-state index < -0.39 is 21.3 Å². The fourth-order valence-electron chi connectivity index (χ4n) is 2.00. The monoisotopic (exact) mass is 368 g/mol. The number of anilines is 1. The number of carbonyl (C=O) groups is 1. The molecule has 1 aliphatic rings. The second-order valence-corrected chi connectivity index (χ2v) is 8.82. The van der Waals surface area contributed by atoms with Gasteiger partial charge < -0.3 is 11.1 Å². The van der Waals surface area contributed by atoms with Gasteiger partial charge in [0.15, 0.2) is 9.84 Å². The first-order valence-electron chi connectivity index (χ1n) is 6.09. The van der Waals surface area contributed by atoms with Gasteiger partial charge in [0.1, 0.15) is 0 Å². The highest BCUT2D eigenvalue weighted by molar-refractivity contribution is 8.00. The van der Waals surface area contributed by atoms with E-state index in [9.17, 15) is 13.2 Å². The fraction of sp³-hybridized carbons (Fsp3) is 0.417. The third-order valence-electron chi connectivity index (χ3n) is 2.97. The predicted molar refractivity (Wildman–Crippen MR) is 86.8 cm³/mol. The van der Waals surface area contributed by atoms with Crippen LogP contribution >= 0.6 is 35.0 Å². The second-order valence-electron chi connectivity index (χ2n) is 4.71. The van der Waals surface area contributed by atoms with Crippen LogP contribution < -0.4 is 11.1 Å². The molecule has 1 fully saturated rings. The summed E-state index contributed by atoms with van der Waals surface area (Å²) in [6, 6.07) is 4.57. The van der Waals surface area contributed by atoms with Crippen LogP contribution in [0.1, 0.15) is 0 Å². The van der Waals surface area contributed by atoms with Crippen molar-refractivity contribution < 1.29 is 13.2 Å². The number of benzene rings is 1. The summed E-state index contributed by atoms with van der Waals surface area (Å²) in [6.45, 7) is 0. The second kappa shape index (κ2) is 6.64. The molecule has 0 spiro atoms. The molecule has 3 N–H and O–H groups in total. The summed E-state index contributed by atoms with van der Waals surface area (Å²) in [5.74, 6) is -0.434. The first-order valence-corrected chi connectivity index (χ1v) is 9.71. The molecule has 0 aromatic heterocycles. The van der Waals surface area contributed by atoms with Crippen LogP contribution in [0.2, 0.25) is 5.02 Å². The minimum absolute atomic E-state index is 0.0914. The van der Waals surface area contributed by atoms with Crippen LogP contribution in [0.15, 0.2) is 23.1 Å². The zero-order valence-electron chi connectivity index (χ0n) is 10.9. The number of hydrogen-bond donors (Lipinski definition) is 2. The molecule has 1 saturated heterocycles. The Morgan fingerprint density at radius 3 is 2.71 bits per heavy atom. The summed E-state index contributed by atoms with van der Waals surface area (Å²) < 4.78 is 22.9. The van der Waals surface area contributed by atoms with Crippen molar-refractivity contribution in [3.63, 3.8) is 0 Å². The predicted octanol–water partition coefficient (Wildman–Crippen LogP) is 1.53. The summed E-state index contributed by atoms with van der Waals surface area (Å²) in [6.07, 6.45) is 0. The van der Waals surface area contributed by atoms with Crippen LogP contribution in [0.25, 0.3) is 0 Å². The van der Waals surface area contributed by atoms with Gasteiger partial charge in [-0.3, -0.25) is 4.79 Å². The van der Waals surface area contributed by atoms with Crippen molar-refractivity contribution in [1.29, 1.82) is 0 Å². The number of nitrogens with one attached hydrogen (secondary N) is 1. The minimum atomic E-state index is -3.17. The molecule has 21 heavy (non-hydrogen) atoms. The molecule has 1 aliphatic heterocycles. The van der Waals surface area contributed by atoms with E-state index in [1.807, 2.05) is 0 Å². The lowest BCUT2D eigenvalue weighted by atomic mass is 10.2. The van der Waals surface area contributed by atoms with Crippen LogP contribution in [0, 0.1) is 0 Å². The number of nitrogens with two attached hydrogens (primary N) is 1. The van der Waals surface area contributed by atoms with E-state index in [0.717, 1.165) is 0 Å². The van der Waals surface area contributed by atoms with Crippen LogP contribution in [0.5, 0.6) is 0 Å². The number of rotatable bonds is 4. The summed E-state index contributed by atoms with van der Waals surface area (Å²) in [7, 11) is -3.17. The molecule has 2 unspecified atom stereocenters. The van der Waals surface area contributed by atoms with Gasteiger partial charge in [-0.25, -0.2) is 8.42 Å². The standard InChI is InChI=1S/C12H14Cl2N2O3S2/c13-7-2-1-3-9(15)12(7)20-4-11(17)16-10-6-21(18,19)5-8(10)14/h1-3,8,10H,4-6,15H2,(H,16,17). The molecule has 1 aromatic rings. The topological polar surface area (TPSA) is 89.3 Å². The number of carbonyl (C=O) groups excluding carboxylic acids is 1. The average molecular weight is 369 g/mol. The van der Waals surface area contributed by atoms with E-state index in [0.29, 0.717) is 15.6 Å². The molecule has 116 valence electrons. The lowest BCUT2D eigenvalue weighted by molar-refractivity contribution is -0.119. The average Bonchev–Trinajstić information content (AvgIpc) is 2.61. The molecule has 2 atom stereocenters. The van der Waals surface area contributed by atoms with Crippen molar-refractivity contribution in [1.82, 2.24) is 5.32 Å². The Bertz CT molecular complexity index is 632. The number of sulfone groups is 1. The van der Waals surface area contributed by atoms with Gasteiger partial charge in [-0.1, -0.05) is 17.7 Å². The zero-order chi connectivity index (χ0) is 15.6. The van der Waals surface area contributed by atoms with E-state index in [-0.39, 0.29) is 23.2 Å². The maximum absolute atomic E-state index is 11.9. The molecule has 1 amide bonds. The van der Waals surface area contributed by atoms with E-state index >= 15 is 0 Å². The molecule has 5 nitrogen and oxygen atoms in total. The van der Waals surface area contributed by atoms with Gasteiger partial charge in [0, 0.05) is 10.6 Å². The minimum Gasteiger partial charge on any atom is -0.398 e. The van der Waals surface area contributed by atoms with Crippen molar-refractivity contribution in [3.05, 3.63) is 23.2 Å². The number of halogens is 2. The van der Waals surface area contributed by atoms with Gasteiger partial charge in [0.05, 0.1) is 33.7 Å². The van der Waals surface area contributed by atoms with Gasteiger partial charge in [0.25, 0.3) is 0 Å². The Morgan fingerprint density at radius 1 is 1.43 bits per heavy atom. The van der Waals surface area contributed by atoms with Crippen molar-refractivity contribution in [2.75, 3.05) is 23.0 Å². The number of alkyl halides is 1. The molecular weight excluding hydrogens is 355 g/mol. The normalized spacial score (nSPS) is 23.9. The quantitative estimate of drug-likeness (QED) is 0.477. The molecule has 1 aromatic carbocycles. The highest BCUT2D eigenvalue weighted by Crippen LogP contribution is 2.32. The van der Waals surface area contributed by atoms with E-state index in [4.69, 9.17) is 28.9 Å². The molecule has 0 radical (unpaired) electrons. The highest BCUT2D eigenvalue weighted by atomic mass is 35.5. The molecule has 1 heterocycles. The zero-order valence-corrected chi connectivity index (χ0v) is 14.0.